The van der Waals surface area contributed by atoms with Crippen LogP contribution in [0.1, 0.15) is 30.5 Å². The molecule has 1 heterocycles. The van der Waals surface area contributed by atoms with Gasteiger partial charge < -0.3 is 4.90 Å². The van der Waals surface area contributed by atoms with E-state index in [9.17, 15) is 18.0 Å². The molecule has 1 aliphatic rings. The van der Waals surface area contributed by atoms with Crippen LogP contribution in [0.2, 0.25) is 0 Å². The quantitative estimate of drug-likeness (QED) is 0.478. The zero-order valence-corrected chi connectivity index (χ0v) is 17.0. The standard InChI is InChI=1S/C21H15F3N4OS/c1-12-9-14(7-8-17(12)26-4)27-18(29)20(2,3)28(19(27)30)15-6-5-13(11-25)16(10-15)21(22,23)24/h5-10H,1-3H3. The summed E-state index contributed by atoms with van der Waals surface area (Å²) in [4.78, 5) is 19.1. The van der Waals surface area contributed by atoms with Crippen molar-refractivity contribution in [2.45, 2.75) is 32.5 Å². The third kappa shape index (κ3) is 3.27. The lowest BCUT2D eigenvalue weighted by atomic mass is 10.0. The van der Waals surface area contributed by atoms with E-state index in [-0.39, 0.29) is 10.8 Å². The lowest BCUT2D eigenvalue weighted by Crippen LogP contribution is -2.44. The van der Waals surface area contributed by atoms with Crippen molar-refractivity contribution in [1.82, 2.24) is 0 Å². The Balaban J connectivity index is 2.13. The third-order valence-electron chi connectivity index (χ3n) is 4.91. The number of thiocarbonyl (C=S) groups is 1. The minimum Gasteiger partial charge on any atom is -0.304 e. The van der Waals surface area contributed by atoms with E-state index < -0.39 is 28.7 Å². The Morgan fingerprint density at radius 1 is 1.17 bits per heavy atom. The smallest absolute Gasteiger partial charge is 0.304 e. The van der Waals surface area contributed by atoms with Crippen molar-refractivity contribution < 1.29 is 18.0 Å². The molecule has 1 amide bonds. The summed E-state index contributed by atoms with van der Waals surface area (Å²) in [5.41, 5.74) is -1.31. The van der Waals surface area contributed by atoms with E-state index >= 15 is 0 Å². The van der Waals surface area contributed by atoms with Crippen molar-refractivity contribution in [3.8, 4) is 6.07 Å². The summed E-state index contributed by atoms with van der Waals surface area (Å²) >= 11 is 5.48. The van der Waals surface area contributed by atoms with Crippen LogP contribution >= 0.6 is 12.2 Å². The molecule has 0 aliphatic carbocycles. The molecule has 30 heavy (non-hydrogen) atoms. The minimum atomic E-state index is -4.73. The topological polar surface area (TPSA) is 51.7 Å². The fourth-order valence-electron chi connectivity index (χ4n) is 3.36. The van der Waals surface area contributed by atoms with Gasteiger partial charge in [0.25, 0.3) is 5.91 Å². The molecule has 0 radical (unpaired) electrons. The predicted octanol–water partition coefficient (Wildman–Crippen LogP) is 5.35. The Kier molecular flexibility index (Phi) is 5.05. The predicted molar refractivity (Wildman–Crippen MR) is 110 cm³/mol. The molecule has 0 spiro atoms. The molecule has 3 rings (SSSR count). The molecule has 0 unspecified atom stereocenters. The van der Waals surface area contributed by atoms with Gasteiger partial charge in [-0.05, 0) is 68.9 Å². The fraction of sp³-hybridized carbons (Fsp3) is 0.238. The van der Waals surface area contributed by atoms with Gasteiger partial charge in [-0.3, -0.25) is 9.69 Å². The zero-order valence-electron chi connectivity index (χ0n) is 16.2. The van der Waals surface area contributed by atoms with Crippen LogP contribution in [0.4, 0.5) is 30.2 Å². The molecule has 1 aliphatic heterocycles. The molecule has 0 aromatic heterocycles. The van der Waals surface area contributed by atoms with E-state index in [2.05, 4.69) is 4.85 Å². The highest BCUT2D eigenvalue weighted by Crippen LogP contribution is 2.40. The summed E-state index contributed by atoms with van der Waals surface area (Å²) in [6, 6.07) is 9.55. The SMILES string of the molecule is [C-]#[N+]c1ccc(N2C(=O)C(C)(C)N(c3ccc(C#N)c(C(F)(F)F)c3)C2=S)cc1C. The van der Waals surface area contributed by atoms with Gasteiger partial charge in [-0.15, -0.1) is 0 Å². The second-order valence-electron chi connectivity index (χ2n) is 7.24. The molecule has 0 bridgehead atoms. The number of rotatable bonds is 2. The lowest BCUT2D eigenvalue weighted by Gasteiger charge is -2.30. The Morgan fingerprint density at radius 3 is 2.33 bits per heavy atom. The first kappa shape index (κ1) is 21.3. The van der Waals surface area contributed by atoms with Gasteiger partial charge in [0.1, 0.15) is 5.54 Å². The highest BCUT2D eigenvalue weighted by molar-refractivity contribution is 7.81. The Hall–Kier alpha value is -3.43. The molecular formula is C21H15F3N4OS. The van der Waals surface area contributed by atoms with Gasteiger partial charge >= 0.3 is 6.18 Å². The van der Waals surface area contributed by atoms with E-state index in [1.165, 1.54) is 21.9 Å². The molecular weight excluding hydrogens is 413 g/mol. The summed E-state index contributed by atoms with van der Waals surface area (Å²) in [6.45, 7) is 12.0. The summed E-state index contributed by atoms with van der Waals surface area (Å²) in [5.74, 6) is -0.416. The van der Waals surface area contributed by atoms with Gasteiger partial charge in [0.15, 0.2) is 10.8 Å². The maximum atomic E-state index is 13.4. The van der Waals surface area contributed by atoms with Gasteiger partial charge in [0, 0.05) is 11.4 Å². The van der Waals surface area contributed by atoms with Crippen LogP contribution in [-0.2, 0) is 11.0 Å². The van der Waals surface area contributed by atoms with Crippen LogP contribution in [-0.4, -0.2) is 16.6 Å². The molecule has 0 N–H and O–H groups in total. The third-order valence-corrected chi connectivity index (χ3v) is 5.28. The number of benzene rings is 2. The van der Waals surface area contributed by atoms with Crippen LogP contribution in [0.25, 0.3) is 4.85 Å². The molecule has 2 aromatic carbocycles. The van der Waals surface area contributed by atoms with Crippen LogP contribution < -0.4 is 9.80 Å². The minimum absolute atomic E-state index is 0.0118. The van der Waals surface area contributed by atoms with Crippen molar-refractivity contribution in [3.63, 3.8) is 0 Å². The zero-order chi connectivity index (χ0) is 22.4. The average molecular weight is 428 g/mol. The molecule has 5 nitrogen and oxygen atoms in total. The summed E-state index contributed by atoms with van der Waals surface area (Å²) in [7, 11) is 0. The number of anilines is 2. The number of alkyl halides is 3. The van der Waals surface area contributed by atoms with Gasteiger partial charge in [-0.2, -0.15) is 18.4 Å². The van der Waals surface area contributed by atoms with E-state index in [1.807, 2.05) is 0 Å². The lowest BCUT2D eigenvalue weighted by molar-refractivity contribution is -0.137. The highest BCUT2D eigenvalue weighted by Gasteiger charge is 2.50. The maximum absolute atomic E-state index is 13.4. The Labute approximate surface area is 176 Å². The Bertz CT molecular complexity index is 1160. The second kappa shape index (κ2) is 7.12. The largest absolute Gasteiger partial charge is 0.417 e. The number of carbonyl (C=O) groups excluding carboxylic acids is 1. The first-order valence-corrected chi connectivity index (χ1v) is 9.12. The van der Waals surface area contributed by atoms with Gasteiger partial charge in [-0.1, -0.05) is 6.07 Å². The summed E-state index contributed by atoms with van der Waals surface area (Å²) in [5, 5.41) is 9.03. The number of nitriles is 1. The van der Waals surface area contributed by atoms with Crippen molar-refractivity contribution in [3.05, 3.63) is 64.5 Å². The highest BCUT2D eigenvalue weighted by atomic mass is 32.1. The van der Waals surface area contributed by atoms with Crippen LogP contribution in [0.5, 0.6) is 0 Å². The van der Waals surface area contributed by atoms with Gasteiger partial charge in [0.2, 0.25) is 0 Å². The summed E-state index contributed by atoms with van der Waals surface area (Å²) in [6.07, 6.45) is -4.73. The van der Waals surface area contributed by atoms with E-state index in [0.29, 0.717) is 16.9 Å². The number of aryl methyl sites for hydroxylation is 1. The second-order valence-corrected chi connectivity index (χ2v) is 7.60. The first-order chi connectivity index (χ1) is 13.9. The van der Waals surface area contributed by atoms with Crippen molar-refractivity contribution >= 4 is 40.3 Å². The molecule has 9 heteroatoms. The maximum Gasteiger partial charge on any atom is 0.417 e. The monoisotopic (exact) mass is 428 g/mol. The van der Waals surface area contributed by atoms with E-state index in [1.54, 1.807) is 39.0 Å². The average Bonchev–Trinajstić information content (AvgIpc) is 2.85. The number of hydrogen-bond donors (Lipinski definition) is 0. The number of hydrogen-bond acceptors (Lipinski definition) is 3. The van der Waals surface area contributed by atoms with E-state index in [4.69, 9.17) is 24.1 Å². The summed E-state index contributed by atoms with van der Waals surface area (Å²) < 4.78 is 40.3. The number of nitrogens with zero attached hydrogens (tertiary/aromatic N) is 4. The fourth-order valence-corrected chi connectivity index (χ4v) is 3.89. The molecule has 1 saturated heterocycles. The van der Waals surface area contributed by atoms with Crippen LogP contribution in [0.15, 0.2) is 36.4 Å². The van der Waals surface area contributed by atoms with Gasteiger partial charge in [-0.25, -0.2) is 4.85 Å². The Morgan fingerprint density at radius 2 is 1.80 bits per heavy atom. The molecule has 2 aromatic rings. The molecule has 1 fully saturated rings. The number of halogens is 3. The van der Waals surface area contributed by atoms with Crippen LogP contribution in [0.3, 0.4) is 0 Å². The number of carbonyl (C=O) groups is 1. The molecule has 0 atom stereocenters. The molecule has 152 valence electrons. The van der Waals surface area contributed by atoms with E-state index in [0.717, 1.165) is 12.1 Å². The number of amides is 1. The van der Waals surface area contributed by atoms with Crippen LogP contribution in [0, 0.1) is 24.8 Å². The molecule has 0 saturated carbocycles. The van der Waals surface area contributed by atoms with Crippen molar-refractivity contribution in [2.24, 2.45) is 0 Å². The first-order valence-electron chi connectivity index (χ1n) is 8.71. The van der Waals surface area contributed by atoms with Crippen molar-refractivity contribution in [2.75, 3.05) is 9.80 Å². The van der Waals surface area contributed by atoms with Gasteiger partial charge in [0.05, 0.1) is 23.8 Å². The van der Waals surface area contributed by atoms with Crippen molar-refractivity contribution in [1.29, 1.82) is 5.26 Å². The normalized spacial score (nSPS) is 15.9.